The van der Waals surface area contributed by atoms with Gasteiger partial charge >= 0.3 is 6.09 Å². The van der Waals surface area contributed by atoms with E-state index >= 15 is 0 Å². The summed E-state index contributed by atoms with van der Waals surface area (Å²) in [6.07, 6.45) is 0.673. The maximum absolute atomic E-state index is 11.5. The van der Waals surface area contributed by atoms with E-state index in [0.29, 0.717) is 6.61 Å². The number of rotatable bonds is 1. The Balaban J connectivity index is 2.31. The first-order valence-corrected chi connectivity index (χ1v) is 5.20. The Morgan fingerprint density at radius 1 is 1.33 bits per heavy atom. The van der Waals surface area contributed by atoms with Crippen molar-refractivity contribution in [3.05, 3.63) is 29.3 Å². The fraction of sp³-hybridized carbons (Fsp3) is 0.417. The molecule has 1 heterocycles. The quantitative estimate of drug-likeness (QED) is 0.705. The molecule has 0 bridgehead atoms. The second-order valence-electron chi connectivity index (χ2n) is 3.91. The Bertz CT molecular complexity index is 387. The largest absolute Gasteiger partial charge is 0.449 e. The normalized spacial score (nSPS) is 16.4. The summed E-state index contributed by atoms with van der Waals surface area (Å²) in [5, 5.41) is 0. The average molecular weight is 205 g/mol. The number of amides is 1. The molecule has 1 fully saturated rings. The Labute approximate surface area is 89.7 Å². The van der Waals surface area contributed by atoms with Crippen molar-refractivity contribution in [1.29, 1.82) is 0 Å². The van der Waals surface area contributed by atoms with Crippen LogP contribution in [0.2, 0.25) is 0 Å². The highest BCUT2D eigenvalue weighted by molar-refractivity contribution is 5.89. The summed E-state index contributed by atoms with van der Waals surface area (Å²) in [5.41, 5.74) is 3.29. The molecule has 0 radical (unpaired) electrons. The van der Waals surface area contributed by atoms with Crippen LogP contribution in [0, 0.1) is 13.8 Å². The summed E-state index contributed by atoms with van der Waals surface area (Å²) in [4.78, 5) is 13.2. The van der Waals surface area contributed by atoms with Gasteiger partial charge in [-0.2, -0.15) is 0 Å². The molecule has 80 valence electrons. The molecule has 15 heavy (non-hydrogen) atoms. The molecule has 1 aliphatic rings. The summed E-state index contributed by atoms with van der Waals surface area (Å²) in [6.45, 7) is 5.36. The van der Waals surface area contributed by atoms with Gasteiger partial charge in [0.25, 0.3) is 0 Å². The summed E-state index contributed by atoms with van der Waals surface area (Å²) in [7, 11) is 0. The summed E-state index contributed by atoms with van der Waals surface area (Å²) < 4.78 is 5.02. The number of carbonyl (C=O) groups excluding carboxylic acids is 1. The number of benzene rings is 1. The van der Waals surface area contributed by atoms with E-state index in [-0.39, 0.29) is 6.09 Å². The van der Waals surface area contributed by atoms with Gasteiger partial charge in [-0.15, -0.1) is 0 Å². The van der Waals surface area contributed by atoms with Gasteiger partial charge < -0.3 is 4.74 Å². The number of cyclic esters (lactones) is 1. The van der Waals surface area contributed by atoms with Gasteiger partial charge in [0.05, 0.1) is 6.61 Å². The molecule has 0 unspecified atom stereocenters. The van der Waals surface area contributed by atoms with Crippen LogP contribution in [0.1, 0.15) is 17.5 Å². The lowest BCUT2D eigenvalue weighted by molar-refractivity contribution is 0.140. The summed E-state index contributed by atoms with van der Waals surface area (Å²) >= 11 is 0. The Kier molecular flexibility index (Phi) is 2.62. The number of carbonyl (C=O) groups is 1. The molecule has 0 N–H and O–H groups in total. The van der Waals surface area contributed by atoms with Crippen LogP contribution < -0.4 is 4.90 Å². The molecule has 0 saturated carbocycles. The smallest absolute Gasteiger partial charge is 0.414 e. The molecule has 0 aromatic heterocycles. The fourth-order valence-corrected chi connectivity index (χ4v) is 1.88. The Morgan fingerprint density at radius 2 is 2.13 bits per heavy atom. The van der Waals surface area contributed by atoms with Crippen LogP contribution in [0.15, 0.2) is 18.2 Å². The van der Waals surface area contributed by atoms with Gasteiger partial charge in [-0.25, -0.2) is 4.79 Å². The maximum Gasteiger partial charge on any atom is 0.414 e. The molecule has 1 aromatic rings. The Morgan fingerprint density at radius 3 is 2.80 bits per heavy atom. The van der Waals surface area contributed by atoms with Gasteiger partial charge in [0.2, 0.25) is 0 Å². The highest BCUT2D eigenvalue weighted by atomic mass is 16.6. The topological polar surface area (TPSA) is 29.5 Å². The van der Waals surface area contributed by atoms with Gasteiger partial charge in [0.15, 0.2) is 0 Å². The van der Waals surface area contributed by atoms with Crippen LogP contribution in [0.3, 0.4) is 0 Å². The van der Waals surface area contributed by atoms with Gasteiger partial charge in [-0.05, 0) is 31.9 Å². The van der Waals surface area contributed by atoms with Crippen LogP contribution in [0.5, 0.6) is 0 Å². The van der Waals surface area contributed by atoms with Crippen molar-refractivity contribution in [2.24, 2.45) is 0 Å². The van der Waals surface area contributed by atoms with Crippen LogP contribution in [0.4, 0.5) is 10.5 Å². The zero-order valence-corrected chi connectivity index (χ0v) is 9.12. The number of aryl methyl sites for hydroxylation is 2. The van der Waals surface area contributed by atoms with Gasteiger partial charge in [0, 0.05) is 12.2 Å². The average Bonchev–Trinajstić information content (AvgIpc) is 2.20. The van der Waals surface area contributed by atoms with Crippen molar-refractivity contribution in [3.63, 3.8) is 0 Å². The number of hydrogen-bond donors (Lipinski definition) is 0. The van der Waals surface area contributed by atoms with Crippen LogP contribution >= 0.6 is 0 Å². The lowest BCUT2D eigenvalue weighted by atomic mass is 10.1. The molecule has 0 aliphatic carbocycles. The molecular formula is C12H15NO2. The van der Waals surface area contributed by atoms with Crippen molar-refractivity contribution >= 4 is 11.8 Å². The molecule has 2 rings (SSSR count). The van der Waals surface area contributed by atoms with Crippen LogP contribution in [-0.2, 0) is 4.74 Å². The standard InChI is InChI=1S/C12H15NO2/c1-9-4-5-11(10(2)8-9)13-6-3-7-15-12(13)14/h4-5,8H,3,6-7H2,1-2H3. The third kappa shape index (κ3) is 1.96. The molecule has 1 aliphatic heterocycles. The lowest BCUT2D eigenvalue weighted by Crippen LogP contribution is -2.38. The fourth-order valence-electron chi connectivity index (χ4n) is 1.88. The first kappa shape index (κ1) is 10.0. The maximum atomic E-state index is 11.5. The number of hydrogen-bond acceptors (Lipinski definition) is 2. The second kappa shape index (κ2) is 3.93. The highest BCUT2D eigenvalue weighted by Gasteiger charge is 2.22. The predicted octanol–water partition coefficient (Wildman–Crippen LogP) is 2.65. The van der Waals surface area contributed by atoms with Crippen LogP contribution in [-0.4, -0.2) is 19.2 Å². The lowest BCUT2D eigenvalue weighted by Gasteiger charge is -2.27. The zero-order valence-electron chi connectivity index (χ0n) is 9.12. The molecule has 1 saturated heterocycles. The summed E-state index contributed by atoms with van der Waals surface area (Å²) in [5.74, 6) is 0. The van der Waals surface area contributed by atoms with Crippen molar-refractivity contribution in [2.45, 2.75) is 20.3 Å². The molecule has 0 atom stereocenters. The third-order valence-electron chi connectivity index (χ3n) is 2.62. The molecular weight excluding hydrogens is 190 g/mol. The van der Waals surface area contributed by atoms with E-state index in [1.54, 1.807) is 4.90 Å². The number of anilines is 1. The zero-order chi connectivity index (χ0) is 10.8. The van der Waals surface area contributed by atoms with Crippen molar-refractivity contribution in [3.8, 4) is 0 Å². The molecule has 3 nitrogen and oxygen atoms in total. The van der Waals surface area contributed by atoms with E-state index in [1.807, 2.05) is 26.0 Å². The van der Waals surface area contributed by atoms with Crippen molar-refractivity contribution < 1.29 is 9.53 Å². The molecule has 1 amide bonds. The molecule has 1 aromatic carbocycles. The van der Waals surface area contributed by atoms with Crippen molar-refractivity contribution in [2.75, 3.05) is 18.1 Å². The minimum atomic E-state index is -0.229. The van der Waals surface area contributed by atoms with E-state index in [0.717, 1.165) is 24.2 Å². The van der Waals surface area contributed by atoms with E-state index in [4.69, 9.17) is 4.74 Å². The summed E-state index contributed by atoms with van der Waals surface area (Å²) in [6, 6.07) is 6.08. The van der Waals surface area contributed by atoms with Crippen LogP contribution in [0.25, 0.3) is 0 Å². The predicted molar refractivity (Wildman–Crippen MR) is 59.2 cm³/mol. The molecule has 3 heteroatoms. The third-order valence-corrected chi connectivity index (χ3v) is 2.62. The van der Waals surface area contributed by atoms with E-state index in [1.165, 1.54) is 5.56 Å². The minimum Gasteiger partial charge on any atom is -0.449 e. The number of nitrogens with zero attached hydrogens (tertiary/aromatic N) is 1. The Hall–Kier alpha value is -1.51. The van der Waals surface area contributed by atoms with Gasteiger partial charge in [-0.1, -0.05) is 17.7 Å². The highest BCUT2D eigenvalue weighted by Crippen LogP contribution is 2.23. The minimum absolute atomic E-state index is 0.229. The van der Waals surface area contributed by atoms with Gasteiger partial charge in [-0.3, -0.25) is 4.90 Å². The van der Waals surface area contributed by atoms with Gasteiger partial charge in [0.1, 0.15) is 0 Å². The van der Waals surface area contributed by atoms with E-state index in [2.05, 4.69) is 6.07 Å². The SMILES string of the molecule is Cc1ccc(N2CCCOC2=O)c(C)c1. The first-order valence-electron chi connectivity index (χ1n) is 5.20. The van der Waals surface area contributed by atoms with Crippen molar-refractivity contribution in [1.82, 2.24) is 0 Å². The van der Waals surface area contributed by atoms with E-state index < -0.39 is 0 Å². The first-order chi connectivity index (χ1) is 7.18. The number of ether oxygens (including phenoxy) is 1. The second-order valence-corrected chi connectivity index (χ2v) is 3.91. The molecule has 0 spiro atoms. The van der Waals surface area contributed by atoms with E-state index in [9.17, 15) is 4.79 Å². The monoisotopic (exact) mass is 205 g/mol.